The highest BCUT2D eigenvalue weighted by Crippen LogP contribution is 2.29. The maximum atomic E-state index is 13.0. The van der Waals surface area contributed by atoms with Gasteiger partial charge in [0.1, 0.15) is 11.6 Å². The number of aromatic nitrogens is 1. The molecule has 114 valence electrons. The molecule has 5 heteroatoms. The van der Waals surface area contributed by atoms with Crippen LogP contribution in [0.15, 0.2) is 42.6 Å². The maximum absolute atomic E-state index is 13.0. The Hall–Kier alpha value is -2.43. The summed E-state index contributed by atoms with van der Waals surface area (Å²) in [5.41, 5.74) is 1.57. The first-order valence-corrected chi connectivity index (χ1v) is 7.16. The lowest BCUT2D eigenvalue weighted by Gasteiger charge is -2.24. The number of hydrogen-bond donors (Lipinski definition) is 0. The van der Waals surface area contributed by atoms with Crippen LogP contribution >= 0.6 is 0 Å². The minimum absolute atomic E-state index is 0.0490. The topological polar surface area (TPSA) is 36.4 Å². The van der Waals surface area contributed by atoms with E-state index in [9.17, 15) is 9.18 Å². The summed E-state index contributed by atoms with van der Waals surface area (Å²) < 4.78 is 13.0. The van der Waals surface area contributed by atoms with Gasteiger partial charge >= 0.3 is 6.03 Å². The molecule has 0 radical (unpaired) electrons. The summed E-state index contributed by atoms with van der Waals surface area (Å²) in [6.45, 7) is 4.65. The lowest BCUT2D eigenvalue weighted by molar-refractivity contribution is 0.198. The zero-order valence-corrected chi connectivity index (χ0v) is 12.9. The number of anilines is 1. The van der Waals surface area contributed by atoms with Gasteiger partial charge in [0.2, 0.25) is 0 Å². The molecule has 0 saturated carbocycles. The van der Waals surface area contributed by atoms with E-state index >= 15 is 0 Å². The van der Waals surface area contributed by atoms with E-state index in [1.165, 1.54) is 12.1 Å². The second-order valence-corrected chi connectivity index (χ2v) is 6.15. The van der Waals surface area contributed by atoms with Crippen molar-refractivity contribution in [3.05, 3.63) is 48.4 Å². The third-order valence-corrected chi connectivity index (χ3v) is 4.17. The standard InChI is InChI=1S/C17H18FN3O/c1-17(2)11-21(16(22)20(17)3)15-9-6-13(10-19-15)12-4-7-14(18)8-5-12/h4-10H,11H2,1-3H3. The Kier molecular flexibility index (Phi) is 3.35. The van der Waals surface area contributed by atoms with Gasteiger partial charge in [0.05, 0.1) is 12.1 Å². The van der Waals surface area contributed by atoms with E-state index in [-0.39, 0.29) is 17.4 Å². The SMILES string of the molecule is CN1C(=O)N(c2ccc(-c3ccc(F)cc3)cn2)CC1(C)C. The normalized spacial score (nSPS) is 17.2. The summed E-state index contributed by atoms with van der Waals surface area (Å²) in [6.07, 6.45) is 1.71. The Labute approximate surface area is 129 Å². The van der Waals surface area contributed by atoms with Gasteiger partial charge in [-0.1, -0.05) is 12.1 Å². The van der Waals surface area contributed by atoms with Crippen LogP contribution in [0, 0.1) is 5.82 Å². The first-order valence-electron chi connectivity index (χ1n) is 7.16. The van der Waals surface area contributed by atoms with E-state index in [1.54, 1.807) is 35.2 Å². The number of urea groups is 1. The molecular formula is C17H18FN3O. The Balaban J connectivity index is 1.86. The van der Waals surface area contributed by atoms with Crippen molar-refractivity contribution in [1.29, 1.82) is 0 Å². The smallest absolute Gasteiger partial charge is 0.320 e. The monoisotopic (exact) mass is 299 g/mol. The molecule has 0 spiro atoms. The van der Waals surface area contributed by atoms with E-state index in [2.05, 4.69) is 4.98 Å². The van der Waals surface area contributed by atoms with Crippen LogP contribution in [-0.2, 0) is 0 Å². The van der Waals surface area contributed by atoms with Gasteiger partial charge < -0.3 is 4.90 Å². The number of carbonyl (C=O) groups is 1. The lowest BCUT2D eigenvalue weighted by Crippen LogP contribution is -2.38. The van der Waals surface area contributed by atoms with Gasteiger partial charge in [0, 0.05) is 18.8 Å². The molecule has 2 heterocycles. The van der Waals surface area contributed by atoms with E-state index in [4.69, 9.17) is 0 Å². The van der Waals surface area contributed by atoms with E-state index < -0.39 is 0 Å². The van der Waals surface area contributed by atoms with Crippen molar-refractivity contribution in [3.8, 4) is 11.1 Å². The van der Waals surface area contributed by atoms with E-state index in [0.29, 0.717) is 12.4 Å². The first kappa shape index (κ1) is 14.5. The summed E-state index contributed by atoms with van der Waals surface area (Å²) in [4.78, 5) is 20.1. The van der Waals surface area contributed by atoms with Crippen LogP contribution < -0.4 is 4.90 Å². The van der Waals surface area contributed by atoms with Crippen molar-refractivity contribution in [3.63, 3.8) is 0 Å². The van der Waals surface area contributed by atoms with Gasteiger partial charge in [0.15, 0.2) is 0 Å². The zero-order chi connectivity index (χ0) is 15.9. The zero-order valence-electron chi connectivity index (χ0n) is 12.9. The Morgan fingerprint density at radius 3 is 2.23 bits per heavy atom. The third kappa shape index (κ3) is 2.43. The Morgan fingerprint density at radius 2 is 1.73 bits per heavy atom. The second-order valence-electron chi connectivity index (χ2n) is 6.15. The molecule has 1 aliphatic heterocycles. The molecule has 1 aliphatic rings. The highest BCUT2D eigenvalue weighted by atomic mass is 19.1. The molecular weight excluding hydrogens is 281 g/mol. The molecule has 0 N–H and O–H groups in total. The fraction of sp³-hybridized carbons (Fsp3) is 0.294. The summed E-state index contributed by atoms with van der Waals surface area (Å²) in [7, 11) is 1.80. The number of hydrogen-bond acceptors (Lipinski definition) is 2. The van der Waals surface area contributed by atoms with Gasteiger partial charge in [-0.15, -0.1) is 0 Å². The number of pyridine rings is 1. The summed E-state index contributed by atoms with van der Waals surface area (Å²) in [5.74, 6) is 0.370. The van der Waals surface area contributed by atoms with Crippen LogP contribution in [0.5, 0.6) is 0 Å². The van der Waals surface area contributed by atoms with Crippen LogP contribution in [0.25, 0.3) is 11.1 Å². The summed E-state index contributed by atoms with van der Waals surface area (Å²) in [5, 5.41) is 0. The number of carbonyl (C=O) groups excluding carboxylic acids is 1. The number of amides is 2. The predicted molar refractivity (Wildman–Crippen MR) is 84.2 cm³/mol. The van der Waals surface area contributed by atoms with Crippen LogP contribution in [0.4, 0.5) is 15.0 Å². The predicted octanol–water partition coefficient (Wildman–Crippen LogP) is 3.54. The number of halogens is 1. The van der Waals surface area contributed by atoms with Crippen LogP contribution in [-0.4, -0.2) is 35.0 Å². The molecule has 0 bridgehead atoms. The van der Waals surface area contributed by atoms with Crippen molar-refractivity contribution in [2.75, 3.05) is 18.5 Å². The maximum Gasteiger partial charge on any atom is 0.325 e. The highest BCUT2D eigenvalue weighted by molar-refractivity contribution is 5.94. The molecule has 0 unspecified atom stereocenters. The second kappa shape index (κ2) is 5.09. The Bertz CT molecular complexity index is 695. The molecule has 1 aromatic carbocycles. The highest BCUT2D eigenvalue weighted by Gasteiger charge is 2.41. The molecule has 22 heavy (non-hydrogen) atoms. The molecule has 4 nitrogen and oxygen atoms in total. The molecule has 0 aliphatic carbocycles. The summed E-state index contributed by atoms with van der Waals surface area (Å²) >= 11 is 0. The van der Waals surface area contributed by atoms with Crippen molar-refractivity contribution < 1.29 is 9.18 Å². The number of nitrogens with zero attached hydrogens (tertiary/aromatic N) is 3. The molecule has 3 rings (SSSR count). The molecule has 0 atom stereocenters. The molecule has 1 saturated heterocycles. The van der Waals surface area contributed by atoms with Crippen molar-refractivity contribution >= 4 is 11.8 Å². The average Bonchev–Trinajstić information content (AvgIpc) is 2.72. The van der Waals surface area contributed by atoms with Crippen molar-refractivity contribution in [2.24, 2.45) is 0 Å². The number of likely N-dealkylation sites (N-methyl/N-ethyl adjacent to an activating group) is 1. The molecule has 2 aromatic rings. The minimum atomic E-state index is -0.263. The van der Waals surface area contributed by atoms with Crippen molar-refractivity contribution in [1.82, 2.24) is 9.88 Å². The van der Waals surface area contributed by atoms with Crippen LogP contribution in [0.2, 0.25) is 0 Å². The van der Waals surface area contributed by atoms with E-state index in [1.807, 2.05) is 26.0 Å². The van der Waals surface area contributed by atoms with Gasteiger partial charge in [-0.05, 0) is 43.7 Å². The van der Waals surface area contributed by atoms with E-state index in [0.717, 1.165) is 11.1 Å². The Morgan fingerprint density at radius 1 is 1.09 bits per heavy atom. The van der Waals surface area contributed by atoms with Gasteiger partial charge in [-0.25, -0.2) is 14.2 Å². The minimum Gasteiger partial charge on any atom is -0.320 e. The number of benzene rings is 1. The van der Waals surface area contributed by atoms with Gasteiger partial charge in [-0.3, -0.25) is 4.90 Å². The van der Waals surface area contributed by atoms with Gasteiger partial charge in [-0.2, -0.15) is 0 Å². The quantitative estimate of drug-likeness (QED) is 0.850. The fourth-order valence-electron chi connectivity index (χ4n) is 2.54. The molecule has 1 aromatic heterocycles. The first-order chi connectivity index (χ1) is 10.4. The molecule has 2 amide bonds. The van der Waals surface area contributed by atoms with Crippen molar-refractivity contribution in [2.45, 2.75) is 19.4 Å². The number of rotatable bonds is 2. The van der Waals surface area contributed by atoms with Crippen LogP contribution in [0.3, 0.4) is 0 Å². The third-order valence-electron chi connectivity index (χ3n) is 4.17. The fourth-order valence-corrected chi connectivity index (χ4v) is 2.54. The average molecular weight is 299 g/mol. The lowest BCUT2D eigenvalue weighted by atomic mass is 10.1. The van der Waals surface area contributed by atoms with Gasteiger partial charge in [0.25, 0.3) is 0 Å². The largest absolute Gasteiger partial charge is 0.325 e. The summed E-state index contributed by atoms with van der Waals surface area (Å²) in [6, 6.07) is 9.94. The van der Waals surface area contributed by atoms with Crippen LogP contribution in [0.1, 0.15) is 13.8 Å². The molecule has 1 fully saturated rings.